The molecule has 0 radical (unpaired) electrons. The van der Waals surface area contributed by atoms with E-state index < -0.39 is 27.6 Å². The molecule has 0 saturated carbocycles. The Balaban J connectivity index is 1.83. The molecule has 33 heavy (non-hydrogen) atoms. The maximum absolute atomic E-state index is 13.6. The fraction of sp³-hybridized carbons (Fsp3) is 0.286. The van der Waals surface area contributed by atoms with Gasteiger partial charge in [0.1, 0.15) is 17.0 Å². The standard InChI is InChI=1S/C21H21N3O7S2/c1-21(2,20(26)27)24-18(25)14-12-16(17-22-9-11-31-17)32-19(14)23(33(24,28)29)10-8-13-6-4-5-7-15(13)30-3/h4-7,9,11-12H,8,10H2,1-3H3,(H,26,27). The average Bonchev–Trinajstić information content (AvgIpc) is 3.43. The van der Waals surface area contributed by atoms with E-state index in [2.05, 4.69) is 4.98 Å². The summed E-state index contributed by atoms with van der Waals surface area (Å²) in [5.41, 5.74) is -1.18. The maximum atomic E-state index is 13.6. The highest BCUT2D eigenvalue weighted by molar-refractivity contribution is 7.91. The minimum atomic E-state index is -4.52. The van der Waals surface area contributed by atoms with Gasteiger partial charge in [-0.2, -0.15) is 8.42 Å². The Morgan fingerprint density at radius 2 is 2.03 bits per heavy atom. The molecular formula is C21H21N3O7S2. The second kappa shape index (κ2) is 8.19. The molecular weight excluding hydrogens is 470 g/mol. The third-order valence-electron chi connectivity index (χ3n) is 5.31. The van der Waals surface area contributed by atoms with Gasteiger partial charge in [-0.3, -0.25) is 4.79 Å². The molecule has 12 heteroatoms. The van der Waals surface area contributed by atoms with E-state index in [4.69, 9.17) is 9.15 Å². The first-order valence-electron chi connectivity index (χ1n) is 9.85. The first-order valence-corrected chi connectivity index (χ1v) is 12.1. The molecule has 3 aromatic rings. The highest BCUT2D eigenvalue weighted by Gasteiger charge is 2.53. The van der Waals surface area contributed by atoms with Crippen molar-refractivity contribution in [2.45, 2.75) is 25.8 Å². The van der Waals surface area contributed by atoms with Crippen LogP contribution in [0.2, 0.25) is 0 Å². The van der Waals surface area contributed by atoms with Gasteiger partial charge in [0, 0.05) is 6.54 Å². The first kappa shape index (κ1) is 22.8. The van der Waals surface area contributed by atoms with Crippen LogP contribution in [-0.4, -0.2) is 53.9 Å². The number of thiophene rings is 1. The third-order valence-corrected chi connectivity index (χ3v) is 8.58. The first-order chi connectivity index (χ1) is 15.6. The minimum Gasteiger partial charge on any atom is -0.496 e. The van der Waals surface area contributed by atoms with E-state index in [9.17, 15) is 23.1 Å². The van der Waals surface area contributed by atoms with Gasteiger partial charge in [0.15, 0.2) is 5.54 Å². The molecule has 0 fully saturated rings. The summed E-state index contributed by atoms with van der Waals surface area (Å²) >= 11 is 1.04. The number of methoxy groups -OCH3 is 1. The van der Waals surface area contributed by atoms with Crippen LogP contribution < -0.4 is 9.04 Å². The van der Waals surface area contributed by atoms with Crippen molar-refractivity contribution in [2.75, 3.05) is 18.0 Å². The minimum absolute atomic E-state index is 0.0410. The van der Waals surface area contributed by atoms with Gasteiger partial charge in [0.2, 0.25) is 5.89 Å². The zero-order valence-electron chi connectivity index (χ0n) is 18.0. The number of carbonyl (C=O) groups excluding carboxylic acids is 1. The van der Waals surface area contributed by atoms with Gasteiger partial charge >= 0.3 is 16.2 Å². The van der Waals surface area contributed by atoms with Crippen LogP contribution in [0.15, 0.2) is 47.2 Å². The Morgan fingerprint density at radius 1 is 1.30 bits per heavy atom. The lowest BCUT2D eigenvalue weighted by molar-refractivity contribution is -0.145. The van der Waals surface area contributed by atoms with E-state index in [-0.39, 0.29) is 29.4 Å². The Kier molecular flexibility index (Phi) is 5.66. The molecule has 0 aliphatic carbocycles. The summed E-state index contributed by atoms with van der Waals surface area (Å²) in [6.45, 7) is 2.31. The molecule has 174 valence electrons. The molecule has 1 amide bonds. The van der Waals surface area contributed by atoms with Crippen molar-refractivity contribution in [1.82, 2.24) is 9.29 Å². The van der Waals surface area contributed by atoms with E-state index in [1.165, 1.54) is 39.5 Å². The topological polar surface area (TPSA) is 130 Å². The van der Waals surface area contributed by atoms with E-state index >= 15 is 0 Å². The quantitative estimate of drug-likeness (QED) is 0.534. The highest BCUT2D eigenvalue weighted by atomic mass is 32.2. The number of ether oxygens (including phenoxy) is 1. The number of hydrogen-bond acceptors (Lipinski definition) is 8. The highest BCUT2D eigenvalue weighted by Crippen LogP contribution is 2.44. The smallest absolute Gasteiger partial charge is 0.330 e. The second-order valence-corrected chi connectivity index (χ2v) is 10.5. The van der Waals surface area contributed by atoms with Gasteiger partial charge in [0.05, 0.1) is 23.7 Å². The lowest BCUT2D eigenvalue weighted by Gasteiger charge is -2.41. The predicted octanol–water partition coefficient (Wildman–Crippen LogP) is 3.02. The number of carboxylic acid groups (broad SMARTS) is 1. The molecule has 0 saturated heterocycles. The van der Waals surface area contributed by atoms with E-state index in [1.54, 1.807) is 12.1 Å². The lowest BCUT2D eigenvalue weighted by Crippen LogP contribution is -2.62. The number of oxazole rings is 1. The van der Waals surface area contributed by atoms with E-state index in [0.29, 0.717) is 14.9 Å². The molecule has 0 atom stereocenters. The fourth-order valence-electron chi connectivity index (χ4n) is 3.57. The summed E-state index contributed by atoms with van der Waals surface area (Å²) in [6, 6.07) is 8.66. The second-order valence-electron chi connectivity index (χ2n) is 7.74. The van der Waals surface area contributed by atoms with Crippen LogP contribution in [0.1, 0.15) is 29.8 Å². The molecule has 1 N–H and O–H groups in total. The Bertz CT molecular complexity index is 1310. The molecule has 3 heterocycles. The number of anilines is 1. The summed E-state index contributed by atoms with van der Waals surface area (Å²) in [7, 11) is -3.00. The SMILES string of the molecule is COc1ccccc1CCN1c2sc(-c3ncco3)cc2C(=O)N(C(C)(C)C(=O)O)S1(=O)=O. The number of benzene rings is 1. The van der Waals surface area contributed by atoms with Crippen LogP contribution >= 0.6 is 11.3 Å². The van der Waals surface area contributed by atoms with Crippen molar-refractivity contribution in [2.24, 2.45) is 0 Å². The van der Waals surface area contributed by atoms with Crippen molar-refractivity contribution in [3.63, 3.8) is 0 Å². The van der Waals surface area contributed by atoms with Gasteiger partial charge in [-0.05, 0) is 38.0 Å². The molecule has 1 aliphatic heterocycles. The summed E-state index contributed by atoms with van der Waals surface area (Å²) < 4.78 is 39.4. The lowest BCUT2D eigenvalue weighted by atomic mass is 10.1. The maximum Gasteiger partial charge on any atom is 0.330 e. The number of fused-ring (bicyclic) bond motifs is 1. The summed E-state index contributed by atoms with van der Waals surface area (Å²) in [5.74, 6) is -1.54. The van der Waals surface area contributed by atoms with Crippen LogP contribution in [0.3, 0.4) is 0 Å². The van der Waals surface area contributed by atoms with Gasteiger partial charge < -0.3 is 14.3 Å². The van der Waals surface area contributed by atoms with Gasteiger partial charge in [-0.1, -0.05) is 18.2 Å². The number of aromatic nitrogens is 1. The number of carboxylic acids is 1. The number of carbonyl (C=O) groups is 2. The number of nitrogens with zero attached hydrogens (tertiary/aromatic N) is 3. The Morgan fingerprint density at radius 3 is 2.67 bits per heavy atom. The van der Waals surface area contributed by atoms with Crippen LogP contribution in [-0.2, 0) is 21.4 Å². The van der Waals surface area contributed by atoms with Crippen molar-refractivity contribution in [3.05, 3.63) is 53.9 Å². The average molecular weight is 492 g/mol. The van der Waals surface area contributed by atoms with Crippen LogP contribution in [0, 0.1) is 0 Å². The van der Waals surface area contributed by atoms with Crippen LogP contribution in [0.5, 0.6) is 5.75 Å². The zero-order valence-corrected chi connectivity index (χ0v) is 19.6. The van der Waals surface area contributed by atoms with Gasteiger partial charge in [0.25, 0.3) is 5.91 Å². The molecule has 10 nitrogen and oxygen atoms in total. The van der Waals surface area contributed by atoms with Gasteiger partial charge in [-0.25, -0.2) is 18.4 Å². The monoisotopic (exact) mass is 491 g/mol. The van der Waals surface area contributed by atoms with Crippen LogP contribution in [0.25, 0.3) is 10.8 Å². The van der Waals surface area contributed by atoms with Gasteiger partial charge in [-0.15, -0.1) is 11.3 Å². The normalized spacial score (nSPS) is 15.4. The number of amides is 1. The summed E-state index contributed by atoms with van der Waals surface area (Å²) in [5, 5.41) is 9.87. The van der Waals surface area contributed by atoms with Crippen LogP contribution in [0.4, 0.5) is 5.00 Å². The number of para-hydroxylation sites is 1. The molecule has 2 aromatic heterocycles. The molecule has 4 rings (SSSR count). The zero-order chi connectivity index (χ0) is 24.0. The number of rotatable bonds is 7. The fourth-order valence-corrected chi connectivity index (χ4v) is 6.77. The van der Waals surface area contributed by atoms with Crippen molar-refractivity contribution >= 4 is 38.4 Å². The largest absolute Gasteiger partial charge is 0.496 e. The molecule has 1 aliphatic rings. The summed E-state index contributed by atoms with van der Waals surface area (Å²) in [6.07, 6.45) is 3.07. The Labute approximate surface area is 194 Å². The van der Waals surface area contributed by atoms with Crippen molar-refractivity contribution < 1.29 is 32.3 Å². The third kappa shape index (κ3) is 3.74. The van der Waals surface area contributed by atoms with Crippen molar-refractivity contribution in [3.8, 4) is 16.5 Å². The van der Waals surface area contributed by atoms with E-state index in [0.717, 1.165) is 21.2 Å². The molecule has 0 spiro atoms. The van der Waals surface area contributed by atoms with Crippen molar-refractivity contribution in [1.29, 1.82) is 0 Å². The Hall–Kier alpha value is -3.38. The van der Waals surface area contributed by atoms with E-state index in [1.807, 2.05) is 12.1 Å². The number of hydrogen-bond donors (Lipinski definition) is 1. The predicted molar refractivity (Wildman–Crippen MR) is 121 cm³/mol. The molecule has 1 aromatic carbocycles. The molecule has 0 bridgehead atoms. The summed E-state index contributed by atoms with van der Waals surface area (Å²) in [4.78, 5) is 29.7. The molecule has 0 unspecified atom stereocenters. The number of aliphatic carboxylic acids is 1.